The van der Waals surface area contributed by atoms with Gasteiger partial charge >= 0.3 is 6.09 Å². The average Bonchev–Trinajstić information content (AvgIpc) is 2.80. The molecule has 0 radical (unpaired) electrons. The molecule has 1 spiro atoms. The lowest BCUT2D eigenvalue weighted by Crippen LogP contribution is -2.52. The van der Waals surface area contributed by atoms with Gasteiger partial charge in [-0.25, -0.2) is 9.78 Å². The highest BCUT2D eigenvalue weighted by atomic mass is 32.2. The third-order valence-electron chi connectivity index (χ3n) is 4.16. The van der Waals surface area contributed by atoms with Crippen LogP contribution >= 0.6 is 11.8 Å². The van der Waals surface area contributed by atoms with Crippen molar-refractivity contribution >= 4 is 23.8 Å². The molecule has 7 heteroatoms. The molecule has 6 nitrogen and oxygen atoms in total. The topological polar surface area (TPSA) is 62.7 Å². The third-order valence-corrected chi connectivity index (χ3v) is 4.87. The van der Waals surface area contributed by atoms with Crippen molar-refractivity contribution in [2.24, 2.45) is 0 Å². The second-order valence-electron chi connectivity index (χ2n) is 5.80. The fourth-order valence-electron chi connectivity index (χ4n) is 3.16. The number of hydrogen-bond donors (Lipinski definition) is 0. The van der Waals surface area contributed by atoms with E-state index in [0.29, 0.717) is 25.2 Å². The molecule has 3 rings (SSSR count). The smallest absolute Gasteiger partial charge is 0.410 e. The van der Waals surface area contributed by atoms with Gasteiger partial charge in [0, 0.05) is 19.8 Å². The van der Waals surface area contributed by atoms with Gasteiger partial charge in [0.15, 0.2) is 0 Å². The van der Waals surface area contributed by atoms with Crippen molar-refractivity contribution in [2.75, 3.05) is 32.9 Å². The Morgan fingerprint density at radius 3 is 2.95 bits per heavy atom. The fourth-order valence-corrected chi connectivity index (χ4v) is 3.70. The number of nitrogens with zero attached hydrogens (tertiary/aromatic N) is 3. The minimum Gasteiger partial charge on any atom is -0.439 e. The van der Waals surface area contributed by atoms with Crippen LogP contribution in [0.5, 0.6) is 0 Å². The molecule has 1 unspecified atom stereocenters. The highest BCUT2D eigenvalue weighted by Gasteiger charge is 2.47. The number of amides is 2. The van der Waals surface area contributed by atoms with Crippen LogP contribution in [0.2, 0.25) is 0 Å². The molecule has 2 saturated heterocycles. The standard InChI is InChI=1S/C15H19N3O3S/c1-17-9-15(21-14(17)20)6-4-8-18(10-15)13(19)11-5-3-7-16-12(11)22-2/h3,5,7H,4,6,8-10H2,1-2H3. The van der Waals surface area contributed by atoms with Crippen molar-refractivity contribution in [3.8, 4) is 0 Å². The van der Waals surface area contributed by atoms with Crippen LogP contribution < -0.4 is 0 Å². The quantitative estimate of drug-likeness (QED) is 0.778. The van der Waals surface area contributed by atoms with Gasteiger partial charge in [0.1, 0.15) is 10.6 Å². The van der Waals surface area contributed by atoms with Gasteiger partial charge in [-0.3, -0.25) is 4.79 Å². The lowest BCUT2D eigenvalue weighted by atomic mass is 9.92. The van der Waals surface area contributed by atoms with Crippen LogP contribution in [-0.4, -0.2) is 65.3 Å². The minimum absolute atomic E-state index is 0.0397. The Labute approximate surface area is 133 Å². The van der Waals surface area contributed by atoms with E-state index < -0.39 is 5.60 Å². The molecule has 2 fully saturated rings. The summed E-state index contributed by atoms with van der Waals surface area (Å²) in [5.41, 5.74) is 0.0614. The number of carbonyl (C=O) groups excluding carboxylic acids is 2. The van der Waals surface area contributed by atoms with E-state index in [0.717, 1.165) is 17.9 Å². The molecule has 1 atom stereocenters. The molecular formula is C15H19N3O3S. The molecule has 3 heterocycles. The van der Waals surface area contributed by atoms with E-state index >= 15 is 0 Å². The Morgan fingerprint density at radius 2 is 2.27 bits per heavy atom. The first-order valence-electron chi connectivity index (χ1n) is 7.27. The Balaban J connectivity index is 1.80. The van der Waals surface area contributed by atoms with Gasteiger partial charge in [-0.15, -0.1) is 11.8 Å². The van der Waals surface area contributed by atoms with E-state index in [9.17, 15) is 9.59 Å². The van der Waals surface area contributed by atoms with Crippen LogP contribution in [-0.2, 0) is 4.74 Å². The van der Waals surface area contributed by atoms with Crippen molar-refractivity contribution < 1.29 is 14.3 Å². The number of piperidine rings is 1. The molecule has 0 aromatic carbocycles. The monoisotopic (exact) mass is 321 g/mol. The number of carbonyl (C=O) groups is 2. The number of pyridine rings is 1. The first kappa shape index (κ1) is 15.1. The maximum Gasteiger partial charge on any atom is 0.410 e. The van der Waals surface area contributed by atoms with Gasteiger partial charge in [0.05, 0.1) is 18.7 Å². The van der Waals surface area contributed by atoms with E-state index in [1.807, 2.05) is 6.26 Å². The van der Waals surface area contributed by atoms with Crippen LogP contribution in [0.1, 0.15) is 23.2 Å². The molecule has 2 amide bonds. The normalized spacial score (nSPS) is 24.7. The van der Waals surface area contributed by atoms with Gasteiger partial charge in [0.25, 0.3) is 5.91 Å². The number of likely N-dealkylation sites (N-methyl/N-ethyl adjacent to an activating group) is 1. The zero-order chi connectivity index (χ0) is 15.7. The number of ether oxygens (including phenoxy) is 1. The summed E-state index contributed by atoms with van der Waals surface area (Å²) in [4.78, 5) is 32.1. The largest absolute Gasteiger partial charge is 0.439 e. The molecule has 2 aliphatic heterocycles. The van der Waals surface area contributed by atoms with Gasteiger partial charge < -0.3 is 14.5 Å². The first-order valence-corrected chi connectivity index (χ1v) is 8.49. The van der Waals surface area contributed by atoms with Crippen LogP contribution in [0.15, 0.2) is 23.4 Å². The van der Waals surface area contributed by atoms with E-state index in [4.69, 9.17) is 4.74 Å². The SMILES string of the molecule is CSc1ncccc1C(=O)N1CCCC2(CN(C)C(=O)O2)C1. The lowest BCUT2D eigenvalue weighted by Gasteiger charge is -2.38. The summed E-state index contributed by atoms with van der Waals surface area (Å²) in [6.45, 7) is 1.67. The summed E-state index contributed by atoms with van der Waals surface area (Å²) in [5, 5.41) is 0.729. The van der Waals surface area contributed by atoms with E-state index in [1.54, 1.807) is 35.2 Å². The Kier molecular flexibility index (Phi) is 3.99. The molecule has 2 aliphatic rings. The highest BCUT2D eigenvalue weighted by molar-refractivity contribution is 7.98. The lowest BCUT2D eigenvalue weighted by molar-refractivity contribution is -0.00536. The second kappa shape index (κ2) is 5.79. The number of rotatable bonds is 2. The summed E-state index contributed by atoms with van der Waals surface area (Å²) in [7, 11) is 1.73. The third kappa shape index (κ3) is 2.65. The van der Waals surface area contributed by atoms with Gasteiger partial charge in [0.2, 0.25) is 0 Å². The summed E-state index contributed by atoms with van der Waals surface area (Å²) in [6.07, 6.45) is 4.93. The number of thioether (sulfide) groups is 1. The molecule has 1 aromatic rings. The van der Waals surface area contributed by atoms with Gasteiger partial charge in [-0.2, -0.15) is 0 Å². The minimum atomic E-state index is -0.554. The Hall–Kier alpha value is -1.76. The maximum absolute atomic E-state index is 12.8. The summed E-state index contributed by atoms with van der Waals surface area (Å²) in [6, 6.07) is 3.57. The molecule has 118 valence electrons. The van der Waals surface area contributed by atoms with Gasteiger partial charge in [-0.1, -0.05) is 0 Å². The van der Waals surface area contributed by atoms with Crippen LogP contribution in [0.4, 0.5) is 4.79 Å². The number of likely N-dealkylation sites (tertiary alicyclic amines) is 1. The molecule has 0 saturated carbocycles. The first-order chi connectivity index (χ1) is 10.5. The molecule has 22 heavy (non-hydrogen) atoms. The molecule has 0 bridgehead atoms. The summed E-state index contributed by atoms with van der Waals surface area (Å²) < 4.78 is 5.55. The van der Waals surface area contributed by atoms with Crippen LogP contribution in [0.25, 0.3) is 0 Å². The van der Waals surface area contributed by atoms with Crippen molar-refractivity contribution in [3.05, 3.63) is 23.9 Å². The Morgan fingerprint density at radius 1 is 1.45 bits per heavy atom. The fraction of sp³-hybridized carbons (Fsp3) is 0.533. The number of aromatic nitrogens is 1. The Bertz CT molecular complexity index is 609. The van der Waals surface area contributed by atoms with E-state index in [-0.39, 0.29) is 12.0 Å². The average molecular weight is 321 g/mol. The van der Waals surface area contributed by atoms with Crippen molar-refractivity contribution in [1.82, 2.24) is 14.8 Å². The second-order valence-corrected chi connectivity index (χ2v) is 6.59. The zero-order valence-corrected chi connectivity index (χ0v) is 13.6. The van der Waals surface area contributed by atoms with Crippen molar-refractivity contribution in [3.63, 3.8) is 0 Å². The summed E-state index contributed by atoms with van der Waals surface area (Å²) >= 11 is 1.46. The zero-order valence-electron chi connectivity index (χ0n) is 12.7. The number of hydrogen-bond acceptors (Lipinski definition) is 5. The molecule has 0 N–H and O–H groups in total. The molecule has 1 aromatic heterocycles. The predicted molar refractivity (Wildman–Crippen MR) is 83.0 cm³/mol. The van der Waals surface area contributed by atoms with Gasteiger partial charge in [-0.05, 0) is 31.2 Å². The van der Waals surface area contributed by atoms with Crippen molar-refractivity contribution in [1.29, 1.82) is 0 Å². The predicted octanol–water partition coefficient (Wildman–Crippen LogP) is 1.86. The van der Waals surface area contributed by atoms with Crippen LogP contribution in [0.3, 0.4) is 0 Å². The van der Waals surface area contributed by atoms with Crippen molar-refractivity contribution in [2.45, 2.75) is 23.5 Å². The van der Waals surface area contributed by atoms with Crippen LogP contribution in [0, 0.1) is 0 Å². The van der Waals surface area contributed by atoms with E-state index in [1.165, 1.54) is 11.8 Å². The molecule has 0 aliphatic carbocycles. The highest BCUT2D eigenvalue weighted by Crippen LogP contribution is 2.32. The molecular weight excluding hydrogens is 302 g/mol. The maximum atomic E-state index is 12.8. The van der Waals surface area contributed by atoms with E-state index in [2.05, 4.69) is 4.98 Å². The summed E-state index contributed by atoms with van der Waals surface area (Å²) in [5.74, 6) is -0.0397.